The Labute approximate surface area is 103 Å². The number of nitrogens with two attached hydrogens (primary N) is 1. The number of hydrogen-bond acceptors (Lipinski definition) is 4. The van der Waals surface area contributed by atoms with Crippen LogP contribution in [0.5, 0.6) is 0 Å². The second kappa shape index (κ2) is 5.35. The molecule has 90 valence electrons. The largest absolute Gasteiger partial charge is 0.271 e. The molecule has 0 saturated heterocycles. The number of thiazole rings is 1. The third kappa shape index (κ3) is 2.88. The number of aryl methyl sites for hydroxylation is 1. The van der Waals surface area contributed by atoms with Gasteiger partial charge in [-0.15, -0.1) is 11.3 Å². The quantitative estimate of drug-likeness (QED) is 0.648. The highest BCUT2D eigenvalue weighted by atomic mass is 32.1. The van der Waals surface area contributed by atoms with Crippen LogP contribution in [0.1, 0.15) is 22.0 Å². The molecule has 1 unspecified atom stereocenters. The minimum atomic E-state index is -0.222. The number of hydrogen-bond donors (Lipinski definition) is 2. The van der Waals surface area contributed by atoms with Gasteiger partial charge in [-0.2, -0.15) is 0 Å². The standard InChI is InChI=1S/C12H14FN3S/c1-8-4-9(13)2-3-11(8)12(16-14)5-10-6-15-7-17-10/h2-4,6-7,12,16H,5,14H2,1H3. The van der Waals surface area contributed by atoms with Crippen molar-refractivity contribution in [3.63, 3.8) is 0 Å². The van der Waals surface area contributed by atoms with Gasteiger partial charge in [-0.1, -0.05) is 6.07 Å². The van der Waals surface area contributed by atoms with Crippen molar-refractivity contribution in [3.05, 3.63) is 51.7 Å². The average molecular weight is 251 g/mol. The summed E-state index contributed by atoms with van der Waals surface area (Å²) in [4.78, 5) is 5.18. The molecule has 0 amide bonds. The molecule has 1 atom stereocenters. The first kappa shape index (κ1) is 12.2. The van der Waals surface area contributed by atoms with Crippen LogP contribution >= 0.6 is 11.3 Å². The summed E-state index contributed by atoms with van der Waals surface area (Å²) < 4.78 is 13.0. The molecule has 0 aliphatic rings. The summed E-state index contributed by atoms with van der Waals surface area (Å²) in [7, 11) is 0. The lowest BCUT2D eigenvalue weighted by Crippen LogP contribution is -2.30. The van der Waals surface area contributed by atoms with E-state index in [1.54, 1.807) is 22.9 Å². The summed E-state index contributed by atoms with van der Waals surface area (Å²) in [5, 5.41) is 0. The number of rotatable bonds is 4. The Hall–Kier alpha value is -1.30. The summed E-state index contributed by atoms with van der Waals surface area (Å²) in [6.45, 7) is 1.88. The van der Waals surface area contributed by atoms with Crippen molar-refractivity contribution in [1.29, 1.82) is 0 Å². The molecule has 0 radical (unpaired) electrons. The number of nitrogens with zero attached hydrogens (tertiary/aromatic N) is 1. The van der Waals surface area contributed by atoms with Gasteiger partial charge in [0.15, 0.2) is 0 Å². The highest BCUT2D eigenvalue weighted by Crippen LogP contribution is 2.23. The van der Waals surface area contributed by atoms with Crippen LogP contribution in [-0.2, 0) is 6.42 Å². The van der Waals surface area contributed by atoms with Gasteiger partial charge < -0.3 is 0 Å². The van der Waals surface area contributed by atoms with Crippen LogP contribution in [0.15, 0.2) is 29.9 Å². The fourth-order valence-corrected chi connectivity index (χ4v) is 2.47. The topological polar surface area (TPSA) is 50.9 Å². The van der Waals surface area contributed by atoms with Crippen molar-refractivity contribution >= 4 is 11.3 Å². The van der Waals surface area contributed by atoms with E-state index >= 15 is 0 Å². The van der Waals surface area contributed by atoms with Crippen LogP contribution in [-0.4, -0.2) is 4.98 Å². The third-order valence-electron chi connectivity index (χ3n) is 2.70. The molecule has 2 rings (SSSR count). The first-order chi connectivity index (χ1) is 8.20. The van der Waals surface area contributed by atoms with Gasteiger partial charge in [-0.05, 0) is 30.2 Å². The van der Waals surface area contributed by atoms with Gasteiger partial charge in [0.1, 0.15) is 5.82 Å². The van der Waals surface area contributed by atoms with E-state index in [-0.39, 0.29) is 11.9 Å². The fourth-order valence-electron chi connectivity index (χ4n) is 1.83. The summed E-state index contributed by atoms with van der Waals surface area (Å²) in [6, 6.07) is 4.73. The normalized spacial score (nSPS) is 12.6. The van der Waals surface area contributed by atoms with Crippen molar-refractivity contribution in [2.45, 2.75) is 19.4 Å². The van der Waals surface area contributed by atoms with E-state index < -0.39 is 0 Å². The zero-order valence-electron chi connectivity index (χ0n) is 9.48. The SMILES string of the molecule is Cc1cc(F)ccc1C(Cc1cncs1)NN. The summed E-state index contributed by atoms with van der Waals surface area (Å²) >= 11 is 1.59. The van der Waals surface area contributed by atoms with Crippen molar-refractivity contribution < 1.29 is 4.39 Å². The van der Waals surface area contributed by atoms with Gasteiger partial charge in [0.2, 0.25) is 0 Å². The Morgan fingerprint density at radius 1 is 1.53 bits per heavy atom. The van der Waals surface area contributed by atoms with E-state index in [1.165, 1.54) is 12.1 Å². The molecule has 0 fully saturated rings. The Bertz CT molecular complexity index is 485. The van der Waals surface area contributed by atoms with Crippen LogP contribution < -0.4 is 11.3 Å². The lowest BCUT2D eigenvalue weighted by molar-refractivity contribution is 0.549. The molecule has 1 heterocycles. The van der Waals surface area contributed by atoms with Gasteiger partial charge in [0.05, 0.1) is 11.6 Å². The van der Waals surface area contributed by atoms with Crippen molar-refractivity contribution in [1.82, 2.24) is 10.4 Å². The molecule has 3 N–H and O–H groups in total. The molecular weight excluding hydrogens is 237 g/mol. The zero-order valence-corrected chi connectivity index (χ0v) is 10.3. The second-order valence-electron chi connectivity index (χ2n) is 3.89. The first-order valence-electron chi connectivity index (χ1n) is 5.30. The van der Waals surface area contributed by atoms with Crippen molar-refractivity contribution in [2.24, 2.45) is 5.84 Å². The Kier molecular flexibility index (Phi) is 3.83. The number of aromatic nitrogens is 1. The molecule has 0 spiro atoms. The predicted octanol–water partition coefficient (Wildman–Crippen LogP) is 2.34. The average Bonchev–Trinajstić information content (AvgIpc) is 2.79. The van der Waals surface area contributed by atoms with Crippen LogP contribution in [0.25, 0.3) is 0 Å². The van der Waals surface area contributed by atoms with Crippen molar-refractivity contribution in [2.75, 3.05) is 0 Å². The van der Waals surface area contributed by atoms with E-state index in [9.17, 15) is 4.39 Å². The van der Waals surface area contributed by atoms with Gasteiger partial charge in [-0.25, -0.2) is 4.39 Å². The van der Waals surface area contributed by atoms with E-state index in [0.717, 1.165) is 22.4 Å². The Morgan fingerprint density at radius 3 is 2.94 bits per heavy atom. The monoisotopic (exact) mass is 251 g/mol. The molecule has 0 aliphatic heterocycles. The lowest BCUT2D eigenvalue weighted by atomic mass is 9.99. The zero-order chi connectivity index (χ0) is 12.3. The molecule has 1 aromatic heterocycles. The first-order valence-corrected chi connectivity index (χ1v) is 6.18. The number of benzene rings is 1. The van der Waals surface area contributed by atoms with Gasteiger partial charge >= 0.3 is 0 Å². The second-order valence-corrected chi connectivity index (χ2v) is 4.86. The highest BCUT2D eigenvalue weighted by molar-refractivity contribution is 7.09. The van der Waals surface area contributed by atoms with Crippen LogP contribution in [0, 0.1) is 12.7 Å². The summed E-state index contributed by atoms with van der Waals surface area (Å²) in [5.41, 5.74) is 6.48. The van der Waals surface area contributed by atoms with Gasteiger partial charge in [-0.3, -0.25) is 16.3 Å². The number of halogens is 1. The molecule has 0 aliphatic carbocycles. The summed E-state index contributed by atoms with van der Waals surface area (Å²) in [6.07, 6.45) is 2.58. The van der Waals surface area contributed by atoms with Gasteiger partial charge in [0.25, 0.3) is 0 Å². The maximum Gasteiger partial charge on any atom is 0.123 e. The molecule has 17 heavy (non-hydrogen) atoms. The molecular formula is C12H14FN3S. The van der Waals surface area contributed by atoms with Crippen LogP contribution in [0.4, 0.5) is 4.39 Å². The van der Waals surface area contributed by atoms with E-state index in [4.69, 9.17) is 5.84 Å². The lowest BCUT2D eigenvalue weighted by Gasteiger charge is -2.17. The van der Waals surface area contributed by atoms with Crippen molar-refractivity contribution in [3.8, 4) is 0 Å². The predicted molar refractivity (Wildman–Crippen MR) is 67.0 cm³/mol. The maximum atomic E-state index is 13.0. The van der Waals surface area contributed by atoms with E-state index in [1.807, 2.05) is 13.1 Å². The molecule has 2 aromatic rings. The van der Waals surface area contributed by atoms with Gasteiger partial charge in [0, 0.05) is 17.5 Å². The smallest absolute Gasteiger partial charge is 0.123 e. The molecule has 5 heteroatoms. The van der Waals surface area contributed by atoms with Crippen LogP contribution in [0.2, 0.25) is 0 Å². The summed E-state index contributed by atoms with van der Waals surface area (Å²) in [5.74, 6) is 5.35. The molecule has 3 nitrogen and oxygen atoms in total. The Morgan fingerprint density at radius 2 is 2.35 bits per heavy atom. The highest BCUT2D eigenvalue weighted by Gasteiger charge is 2.14. The molecule has 0 saturated carbocycles. The minimum absolute atomic E-state index is 0.0175. The maximum absolute atomic E-state index is 13.0. The van der Waals surface area contributed by atoms with E-state index in [2.05, 4.69) is 10.4 Å². The Balaban J connectivity index is 2.23. The minimum Gasteiger partial charge on any atom is -0.271 e. The van der Waals surface area contributed by atoms with E-state index in [0.29, 0.717) is 0 Å². The fraction of sp³-hybridized carbons (Fsp3) is 0.250. The third-order valence-corrected chi connectivity index (χ3v) is 3.50. The number of hydrazine groups is 1. The molecule has 0 bridgehead atoms. The molecule has 1 aromatic carbocycles. The van der Waals surface area contributed by atoms with Crippen LogP contribution in [0.3, 0.4) is 0 Å². The number of nitrogens with one attached hydrogen (secondary N) is 1.